The van der Waals surface area contributed by atoms with Crippen molar-refractivity contribution in [2.24, 2.45) is 0 Å². The summed E-state index contributed by atoms with van der Waals surface area (Å²) in [6, 6.07) is 1.63. The Morgan fingerprint density at radius 3 is 1.33 bits per heavy atom. The normalized spacial score (nSPS) is 12.9. The molecule has 0 N–H and O–H groups in total. The van der Waals surface area contributed by atoms with Crippen molar-refractivity contribution in [2.75, 3.05) is 0 Å². The predicted molar refractivity (Wildman–Crippen MR) is 41.8 cm³/mol. The molecule has 0 amide bonds. The molecule has 1 aromatic rings. The summed E-state index contributed by atoms with van der Waals surface area (Å²) in [7, 11) is 0. The molecule has 1 rings (SSSR count). The van der Waals surface area contributed by atoms with Crippen molar-refractivity contribution in [2.45, 2.75) is 12.4 Å². The molecule has 0 saturated carbocycles. The van der Waals surface area contributed by atoms with Crippen LogP contribution in [0.2, 0.25) is 0 Å². The van der Waals surface area contributed by atoms with Gasteiger partial charge in [0.2, 0.25) is 0 Å². The molecule has 0 fully saturated rings. The molecule has 0 aromatic heterocycles. The van der Waals surface area contributed by atoms with E-state index in [1.807, 2.05) is 0 Å². The van der Waals surface area contributed by atoms with E-state index in [2.05, 4.69) is 0 Å². The topological polar surface area (TPSA) is 0 Å². The Bertz CT molecular complexity index is 332. The van der Waals surface area contributed by atoms with Gasteiger partial charge in [-0.3, -0.25) is 0 Å². The van der Waals surface area contributed by atoms with Crippen molar-refractivity contribution in [1.82, 2.24) is 0 Å². The molecule has 0 unspecified atom stereocenters. The van der Waals surface area contributed by atoms with Crippen LogP contribution in [0.25, 0.3) is 0 Å². The van der Waals surface area contributed by atoms with E-state index >= 15 is 0 Å². The van der Waals surface area contributed by atoms with Crippen molar-refractivity contribution in [3.8, 4) is 0 Å². The van der Waals surface area contributed by atoms with Crippen molar-refractivity contribution in [1.29, 1.82) is 0 Å². The van der Waals surface area contributed by atoms with Gasteiger partial charge >= 0.3 is 96.9 Å². The SMILES string of the molecule is FC(F)(F)c1c[c]([Tl])cc(C(F)(F)F)c1. The van der Waals surface area contributed by atoms with E-state index < -0.39 is 23.5 Å². The van der Waals surface area contributed by atoms with Gasteiger partial charge < -0.3 is 0 Å². The van der Waals surface area contributed by atoms with Crippen LogP contribution in [0.5, 0.6) is 0 Å². The molecule has 0 nitrogen and oxygen atoms in total. The van der Waals surface area contributed by atoms with Crippen LogP contribution < -0.4 is 3.12 Å². The second-order valence-corrected chi connectivity index (χ2v) is 5.43. The van der Waals surface area contributed by atoms with E-state index in [9.17, 15) is 26.3 Å². The average molecular weight is 417 g/mol. The summed E-state index contributed by atoms with van der Waals surface area (Å²) in [4.78, 5) is 0. The fourth-order valence-corrected chi connectivity index (χ4v) is 2.38. The van der Waals surface area contributed by atoms with Crippen LogP contribution in [-0.2, 0) is 12.4 Å². The second-order valence-electron chi connectivity index (χ2n) is 2.84. The van der Waals surface area contributed by atoms with Gasteiger partial charge in [-0.2, -0.15) is 0 Å². The average Bonchev–Trinajstić information content (AvgIpc) is 1.99. The fraction of sp³-hybridized carbons (Fsp3) is 0.250. The molecule has 15 heavy (non-hydrogen) atoms. The first kappa shape index (κ1) is 12.8. The minimum absolute atomic E-state index is 0.0709. The molecule has 0 aliphatic rings. The van der Waals surface area contributed by atoms with Crippen LogP contribution in [-0.4, -0.2) is 25.8 Å². The number of hydrogen-bond donors (Lipinski definition) is 0. The van der Waals surface area contributed by atoms with Crippen LogP contribution in [0.1, 0.15) is 11.1 Å². The van der Waals surface area contributed by atoms with E-state index in [4.69, 9.17) is 0 Å². The summed E-state index contributed by atoms with van der Waals surface area (Å²) < 4.78 is 73.2. The summed E-state index contributed by atoms with van der Waals surface area (Å²) in [5.74, 6) is 0. The number of halogens is 6. The van der Waals surface area contributed by atoms with E-state index in [0.29, 0.717) is 0 Å². The molecule has 0 spiro atoms. The van der Waals surface area contributed by atoms with E-state index in [1.165, 1.54) is 0 Å². The Balaban J connectivity index is 3.30. The van der Waals surface area contributed by atoms with Gasteiger partial charge in [-0.1, -0.05) is 0 Å². The molecule has 0 saturated heterocycles. The molecule has 0 radical (unpaired) electrons. The molecule has 7 heteroatoms. The van der Waals surface area contributed by atoms with E-state index in [0.717, 1.165) is 12.1 Å². The minimum atomic E-state index is -4.73. The number of benzene rings is 1. The van der Waals surface area contributed by atoms with Crippen molar-refractivity contribution in [3.63, 3.8) is 0 Å². The van der Waals surface area contributed by atoms with Crippen molar-refractivity contribution < 1.29 is 26.3 Å². The maximum absolute atomic E-state index is 12.2. The first-order valence-corrected chi connectivity index (χ1v) is 5.90. The zero-order chi connectivity index (χ0) is 11.9. The first-order valence-electron chi connectivity index (χ1n) is 3.65. The maximum atomic E-state index is 12.2. The van der Waals surface area contributed by atoms with Gasteiger partial charge in [0, 0.05) is 0 Å². The summed E-state index contributed by atoms with van der Waals surface area (Å²) in [5, 5.41) is 0. The van der Waals surface area contributed by atoms with Crippen LogP contribution in [0.3, 0.4) is 0 Å². The summed E-state index contributed by atoms with van der Waals surface area (Å²) in [5.41, 5.74) is -2.48. The third kappa shape index (κ3) is 3.35. The van der Waals surface area contributed by atoms with Gasteiger partial charge in [-0.25, -0.2) is 0 Å². The monoisotopic (exact) mass is 418 g/mol. The van der Waals surface area contributed by atoms with Gasteiger partial charge in [0.15, 0.2) is 0 Å². The van der Waals surface area contributed by atoms with Gasteiger partial charge in [0.1, 0.15) is 0 Å². The Hall–Kier alpha value is -0.278. The molecule has 0 aliphatic heterocycles. The number of rotatable bonds is 0. The summed E-state index contributed by atoms with van der Waals surface area (Å²) in [6.45, 7) is 0. The third-order valence-electron chi connectivity index (χ3n) is 1.61. The van der Waals surface area contributed by atoms with E-state index in [-0.39, 0.29) is 35.0 Å². The molecule has 0 atom stereocenters. The first-order chi connectivity index (χ1) is 6.60. The Labute approximate surface area is 97.0 Å². The molecular formula is C8H3F6Tl. The van der Waals surface area contributed by atoms with Crippen LogP contribution >= 0.6 is 0 Å². The zero-order valence-electron chi connectivity index (χ0n) is 7.08. The van der Waals surface area contributed by atoms with Crippen LogP contribution in [0, 0.1) is 0 Å². The van der Waals surface area contributed by atoms with E-state index in [1.54, 1.807) is 0 Å². The molecule has 1 aromatic carbocycles. The zero-order valence-corrected chi connectivity index (χ0v) is 11.6. The Morgan fingerprint density at radius 2 is 1.07 bits per heavy atom. The molecule has 0 bridgehead atoms. The standard InChI is InChI=1S/C8H3F6.Tl/c9-7(10,11)5-2-1-3-6(4-5)8(12,13)14;/h2-4H;. The molecule has 0 aliphatic carbocycles. The predicted octanol–water partition coefficient (Wildman–Crippen LogP) is 2.52. The Morgan fingerprint density at radius 1 is 0.733 bits per heavy atom. The van der Waals surface area contributed by atoms with Gasteiger partial charge in [0.05, 0.1) is 0 Å². The van der Waals surface area contributed by atoms with Gasteiger partial charge in [-0.05, 0) is 0 Å². The van der Waals surface area contributed by atoms with Gasteiger partial charge in [-0.15, -0.1) is 0 Å². The van der Waals surface area contributed by atoms with Crippen LogP contribution in [0.4, 0.5) is 26.3 Å². The molecule has 0 heterocycles. The number of alkyl halides is 6. The third-order valence-corrected chi connectivity index (χ3v) is 2.91. The van der Waals surface area contributed by atoms with Gasteiger partial charge in [0.25, 0.3) is 0 Å². The molecule has 80 valence electrons. The summed E-state index contributed by atoms with van der Waals surface area (Å²) >= 11 is -0.0709. The summed E-state index contributed by atoms with van der Waals surface area (Å²) in [6.07, 6.45) is -9.46. The Kier molecular flexibility index (Phi) is 3.37. The second kappa shape index (κ2) is 3.95. The van der Waals surface area contributed by atoms with Crippen molar-refractivity contribution >= 4 is 28.9 Å². The fourth-order valence-electron chi connectivity index (χ4n) is 0.979. The van der Waals surface area contributed by atoms with Crippen molar-refractivity contribution in [3.05, 3.63) is 29.3 Å². The molecular weight excluding hydrogens is 414 g/mol. The number of hydrogen-bond acceptors (Lipinski definition) is 0. The quantitative estimate of drug-likeness (QED) is 0.450. The van der Waals surface area contributed by atoms with Crippen LogP contribution in [0.15, 0.2) is 18.2 Å².